The number of likely N-dealkylation sites (tertiary alicyclic amines) is 1. The molecule has 1 aliphatic rings. The molecule has 0 spiro atoms. The van der Waals surface area contributed by atoms with Gasteiger partial charge in [0.1, 0.15) is 0 Å². The molecule has 1 heterocycles. The van der Waals surface area contributed by atoms with E-state index in [0.717, 1.165) is 24.0 Å². The summed E-state index contributed by atoms with van der Waals surface area (Å²) in [7, 11) is 3.24. The summed E-state index contributed by atoms with van der Waals surface area (Å²) in [6, 6.07) is 11.5. The van der Waals surface area contributed by atoms with E-state index in [9.17, 15) is 4.79 Å². The summed E-state index contributed by atoms with van der Waals surface area (Å²) in [5.74, 6) is 1.57. The van der Waals surface area contributed by atoms with Crippen LogP contribution in [0.5, 0.6) is 11.5 Å². The van der Waals surface area contributed by atoms with Gasteiger partial charge in [0, 0.05) is 19.0 Å². The second kappa shape index (κ2) is 8.19. The molecule has 4 nitrogen and oxygen atoms in total. The standard InChI is InChI=1S/C20H21Cl2NO3/c1-25-18-7-4-13(11-19(18)26-2)9-15-5-8-20(24)23(15)12-14-3-6-16(21)17(22)10-14/h3-4,6-7,10-11,15H,5,8-9,12H2,1-2H3. The van der Waals surface area contributed by atoms with Crippen molar-refractivity contribution in [2.24, 2.45) is 0 Å². The first-order chi connectivity index (χ1) is 12.5. The Morgan fingerprint density at radius 3 is 2.42 bits per heavy atom. The number of halogens is 2. The topological polar surface area (TPSA) is 38.8 Å². The van der Waals surface area contributed by atoms with Gasteiger partial charge in [-0.25, -0.2) is 0 Å². The van der Waals surface area contributed by atoms with Crippen LogP contribution in [0.1, 0.15) is 24.0 Å². The Kier molecular flexibility index (Phi) is 5.94. The lowest BCUT2D eigenvalue weighted by Gasteiger charge is -2.25. The molecule has 0 radical (unpaired) electrons. The molecule has 1 unspecified atom stereocenters. The van der Waals surface area contributed by atoms with Gasteiger partial charge in [-0.3, -0.25) is 4.79 Å². The molecule has 2 aromatic carbocycles. The third kappa shape index (κ3) is 4.08. The normalized spacial score (nSPS) is 16.8. The Hall–Kier alpha value is -1.91. The van der Waals surface area contributed by atoms with E-state index < -0.39 is 0 Å². The van der Waals surface area contributed by atoms with Crippen LogP contribution in [0.25, 0.3) is 0 Å². The zero-order chi connectivity index (χ0) is 18.7. The van der Waals surface area contributed by atoms with Crippen molar-refractivity contribution in [2.75, 3.05) is 14.2 Å². The molecule has 3 rings (SSSR count). The predicted octanol–water partition coefficient (Wildman–Crippen LogP) is 4.74. The Labute approximate surface area is 163 Å². The first-order valence-electron chi connectivity index (χ1n) is 8.46. The van der Waals surface area contributed by atoms with Gasteiger partial charge in [0.05, 0.1) is 24.3 Å². The lowest BCUT2D eigenvalue weighted by Crippen LogP contribution is -2.33. The van der Waals surface area contributed by atoms with Crippen molar-refractivity contribution < 1.29 is 14.3 Å². The molecule has 138 valence electrons. The van der Waals surface area contributed by atoms with Crippen LogP contribution >= 0.6 is 23.2 Å². The minimum Gasteiger partial charge on any atom is -0.493 e. The van der Waals surface area contributed by atoms with Crippen molar-refractivity contribution in [3.8, 4) is 11.5 Å². The number of rotatable bonds is 6. The first-order valence-corrected chi connectivity index (χ1v) is 9.21. The smallest absolute Gasteiger partial charge is 0.223 e. The summed E-state index contributed by atoms with van der Waals surface area (Å²) in [5.41, 5.74) is 2.09. The Bertz CT molecular complexity index is 810. The maximum atomic E-state index is 12.4. The van der Waals surface area contributed by atoms with Gasteiger partial charge in [-0.05, 0) is 48.2 Å². The van der Waals surface area contributed by atoms with Gasteiger partial charge in [-0.15, -0.1) is 0 Å². The highest BCUT2D eigenvalue weighted by Gasteiger charge is 2.31. The van der Waals surface area contributed by atoms with Crippen LogP contribution < -0.4 is 9.47 Å². The van der Waals surface area contributed by atoms with Gasteiger partial charge in [-0.2, -0.15) is 0 Å². The molecule has 1 aliphatic heterocycles. The fourth-order valence-electron chi connectivity index (χ4n) is 3.34. The van der Waals surface area contributed by atoms with E-state index in [1.165, 1.54) is 0 Å². The molecular formula is C20H21Cl2NO3. The quantitative estimate of drug-likeness (QED) is 0.710. The van der Waals surface area contributed by atoms with Gasteiger partial charge in [0.2, 0.25) is 5.91 Å². The van der Waals surface area contributed by atoms with Crippen molar-refractivity contribution in [2.45, 2.75) is 31.8 Å². The van der Waals surface area contributed by atoms with Crippen LogP contribution in [0.2, 0.25) is 10.0 Å². The molecule has 0 aromatic heterocycles. The summed E-state index contributed by atoms with van der Waals surface area (Å²) in [5, 5.41) is 1.03. The second-order valence-electron chi connectivity index (χ2n) is 6.36. The van der Waals surface area contributed by atoms with Gasteiger partial charge in [0.25, 0.3) is 0 Å². The minimum atomic E-state index is 0.148. The highest BCUT2D eigenvalue weighted by atomic mass is 35.5. The minimum absolute atomic E-state index is 0.148. The summed E-state index contributed by atoms with van der Waals surface area (Å²) in [6.45, 7) is 0.535. The van der Waals surface area contributed by atoms with Crippen molar-refractivity contribution >= 4 is 29.1 Å². The molecular weight excluding hydrogens is 373 g/mol. The lowest BCUT2D eigenvalue weighted by atomic mass is 10.0. The molecule has 0 saturated carbocycles. The van der Waals surface area contributed by atoms with E-state index in [2.05, 4.69) is 0 Å². The van der Waals surface area contributed by atoms with E-state index in [1.54, 1.807) is 20.3 Å². The Morgan fingerprint density at radius 1 is 1.00 bits per heavy atom. The monoisotopic (exact) mass is 393 g/mol. The zero-order valence-corrected chi connectivity index (χ0v) is 16.3. The number of carbonyl (C=O) groups excluding carboxylic acids is 1. The molecule has 6 heteroatoms. The van der Waals surface area contributed by atoms with Crippen molar-refractivity contribution in [1.82, 2.24) is 4.90 Å². The molecule has 1 saturated heterocycles. The molecule has 0 bridgehead atoms. The molecule has 1 fully saturated rings. The summed E-state index contributed by atoms with van der Waals surface area (Å²) >= 11 is 12.1. The Morgan fingerprint density at radius 2 is 1.73 bits per heavy atom. The first kappa shape index (κ1) is 18.9. The van der Waals surface area contributed by atoms with E-state index in [4.69, 9.17) is 32.7 Å². The summed E-state index contributed by atoms with van der Waals surface area (Å²) in [6.07, 6.45) is 2.18. The second-order valence-corrected chi connectivity index (χ2v) is 7.17. The van der Waals surface area contributed by atoms with E-state index in [0.29, 0.717) is 34.5 Å². The molecule has 1 amide bonds. The number of benzene rings is 2. The zero-order valence-electron chi connectivity index (χ0n) is 14.8. The molecule has 0 aliphatic carbocycles. The van der Waals surface area contributed by atoms with E-state index in [1.807, 2.05) is 35.2 Å². The molecule has 2 aromatic rings. The van der Waals surface area contributed by atoms with Gasteiger partial charge < -0.3 is 14.4 Å². The average molecular weight is 394 g/mol. The lowest BCUT2D eigenvalue weighted by molar-refractivity contribution is -0.129. The van der Waals surface area contributed by atoms with Crippen LogP contribution in [0, 0.1) is 0 Å². The number of hydrogen-bond acceptors (Lipinski definition) is 3. The number of amides is 1. The van der Waals surface area contributed by atoms with Crippen LogP contribution in [0.4, 0.5) is 0 Å². The van der Waals surface area contributed by atoms with Crippen molar-refractivity contribution in [1.29, 1.82) is 0 Å². The summed E-state index contributed by atoms with van der Waals surface area (Å²) < 4.78 is 10.7. The maximum absolute atomic E-state index is 12.4. The molecule has 0 N–H and O–H groups in total. The van der Waals surface area contributed by atoms with Gasteiger partial charge in [-0.1, -0.05) is 35.3 Å². The fourth-order valence-corrected chi connectivity index (χ4v) is 3.66. The fraction of sp³-hybridized carbons (Fsp3) is 0.350. The molecule has 26 heavy (non-hydrogen) atoms. The largest absolute Gasteiger partial charge is 0.493 e. The van der Waals surface area contributed by atoms with Crippen LogP contribution in [0.15, 0.2) is 36.4 Å². The van der Waals surface area contributed by atoms with Crippen LogP contribution in [0.3, 0.4) is 0 Å². The highest BCUT2D eigenvalue weighted by Crippen LogP contribution is 2.31. The number of ether oxygens (including phenoxy) is 2. The molecule has 1 atom stereocenters. The highest BCUT2D eigenvalue weighted by molar-refractivity contribution is 6.42. The number of hydrogen-bond donors (Lipinski definition) is 0. The number of methoxy groups -OCH3 is 2. The SMILES string of the molecule is COc1ccc(CC2CCC(=O)N2Cc2ccc(Cl)c(Cl)c2)cc1OC. The predicted molar refractivity (Wildman–Crippen MR) is 103 cm³/mol. The average Bonchev–Trinajstić information content (AvgIpc) is 2.98. The van der Waals surface area contributed by atoms with E-state index in [-0.39, 0.29) is 11.9 Å². The van der Waals surface area contributed by atoms with Gasteiger partial charge in [0.15, 0.2) is 11.5 Å². The maximum Gasteiger partial charge on any atom is 0.223 e. The number of nitrogens with zero attached hydrogens (tertiary/aromatic N) is 1. The number of carbonyl (C=O) groups is 1. The van der Waals surface area contributed by atoms with E-state index >= 15 is 0 Å². The Balaban J connectivity index is 1.76. The van der Waals surface area contributed by atoms with Crippen molar-refractivity contribution in [3.05, 3.63) is 57.6 Å². The van der Waals surface area contributed by atoms with Gasteiger partial charge >= 0.3 is 0 Å². The van der Waals surface area contributed by atoms with Crippen LogP contribution in [-0.4, -0.2) is 31.1 Å². The third-order valence-corrected chi connectivity index (χ3v) is 5.45. The van der Waals surface area contributed by atoms with Crippen molar-refractivity contribution in [3.63, 3.8) is 0 Å². The third-order valence-electron chi connectivity index (χ3n) is 4.71. The summed E-state index contributed by atoms with van der Waals surface area (Å²) in [4.78, 5) is 14.3. The van der Waals surface area contributed by atoms with Crippen LogP contribution in [-0.2, 0) is 17.8 Å².